The predicted molar refractivity (Wildman–Crippen MR) is 72.7 cm³/mol. The Hall–Kier alpha value is -1.22. The normalized spacial score (nSPS) is 11.5. The molecule has 9 heteroatoms. The number of nitro benzene ring substituents is 1. The highest BCUT2D eigenvalue weighted by Crippen LogP contribution is 2.21. The van der Waals surface area contributed by atoms with Crippen molar-refractivity contribution in [3.05, 3.63) is 38.9 Å². The fourth-order valence-electron chi connectivity index (χ4n) is 1.34. The molecule has 0 aliphatic heterocycles. The van der Waals surface area contributed by atoms with Crippen LogP contribution in [-0.2, 0) is 16.6 Å². The average Bonchev–Trinajstić information content (AvgIpc) is 2.36. The van der Waals surface area contributed by atoms with Gasteiger partial charge in [0.2, 0.25) is 10.0 Å². The van der Waals surface area contributed by atoms with Gasteiger partial charge in [-0.05, 0) is 18.7 Å². The molecule has 1 aromatic carbocycles. The Morgan fingerprint density at radius 2 is 2.11 bits per heavy atom. The first-order valence-electron chi connectivity index (χ1n) is 5.40. The number of nitrogens with one attached hydrogen (secondary N) is 2. The third-order valence-corrected chi connectivity index (χ3v) is 4.15. The molecule has 0 amide bonds. The van der Waals surface area contributed by atoms with Crippen molar-refractivity contribution in [1.29, 1.82) is 0 Å². The molecule has 1 rings (SSSR count). The molecular formula is C10H14ClN3O4S. The van der Waals surface area contributed by atoms with Crippen LogP contribution in [0.4, 0.5) is 5.69 Å². The minimum atomic E-state index is -3.26. The predicted octanol–water partition coefficient (Wildman–Crippen LogP) is 0.887. The SMILES string of the molecule is CNS(=O)(=O)CCNCc1cc([N+](=O)[O-])ccc1Cl. The topological polar surface area (TPSA) is 101 Å². The summed E-state index contributed by atoms with van der Waals surface area (Å²) in [5.74, 6) is -0.0734. The van der Waals surface area contributed by atoms with Gasteiger partial charge in [-0.25, -0.2) is 13.1 Å². The van der Waals surface area contributed by atoms with E-state index in [9.17, 15) is 18.5 Å². The maximum atomic E-state index is 11.2. The Bertz CT molecular complexity index is 562. The van der Waals surface area contributed by atoms with Crippen LogP contribution < -0.4 is 10.0 Å². The Kier molecular flexibility index (Phi) is 5.67. The van der Waals surface area contributed by atoms with Crippen LogP contribution in [0.25, 0.3) is 0 Å². The molecule has 0 saturated heterocycles. The number of sulfonamides is 1. The second-order valence-corrected chi connectivity index (χ2v) is 6.19. The van der Waals surface area contributed by atoms with E-state index in [2.05, 4.69) is 10.0 Å². The molecule has 0 fully saturated rings. The number of nitro groups is 1. The molecule has 7 nitrogen and oxygen atoms in total. The quantitative estimate of drug-likeness (QED) is 0.442. The van der Waals surface area contributed by atoms with Gasteiger partial charge in [-0.2, -0.15) is 0 Å². The van der Waals surface area contributed by atoms with Crippen LogP contribution in [0.3, 0.4) is 0 Å². The van der Waals surface area contributed by atoms with Crippen LogP contribution in [-0.4, -0.2) is 32.7 Å². The van der Waals surface area contributed by atoms with Gasteiger partial charge in [-0.15, -0.1) is 0 Å². The van der Waals surface area contributed by atoms with Crippen LogP contribution in [0.2, 0.25) is 5.02 Å². The van der Waals surface area contributed by atoms with Gasteiger partial charge in [0.05, 0.1) is 10.7 Å². The van der Waals surface area contributed by atoms with E-state index in [0.717, 1.165) is 0 Å². The van der Waals surface area contributed by atoms with Crippen LogP contribution in [0, 0.1) is 10.1 Å². The monoisotopic (exact) mass is 307 g/mol. The minimum Gasteiger partial charge on any atom is -0.312 e. The first kappa shape index (κ1) is 15.8. The molecule has 2 N–H and O–H groups in total. The molecule has 0 atom stereocenters. The van der Waals surface area contributed by atoms with E-state index >= 15 is 0 Å². The Balaban J connectivity index is 2.58. The summed E-state index contributed by atoms with van der Waals surface area (Å²) in [4.78, 5) is 10.1. The van der Waals surface area contributed by atoms with Gasteiger partial charge in [-0.1, -0.05) is 11.6 Å². The molecule has 0 aromatic heterocycles. The van der Waals surface area contributed by atoms with E-state index < -0.39 is 14.9 Å². The highest BCUT2D eigenvalue weighted by atomic mass is 35.5. The van der Waals surface area contributed by atoms with Crippen molar-refractivity contribution in [2.75, 3.05) is 19.3 Å². The van der Waals surface area contributed by atoms with E-state index in [-0.39, 0.29) is 24.5 Å². The number of hydrogen-bond acceptors (Lipinski definition) is 5. The van der Waals surface area contributed by atoms with Crippen molar-refractivity contribution in [3.63, 3.8) is 0 Å². The van der Waals surface area contributed by atoms with Crippen LogP contribution in [0.1, 0.15) is 5.56 Å². The van der Waals surface area contributed by atoms with Crippen molar-refractivity contribution >= 4 is 27.3 Å². The lowest BCUT2D eigenvalue weighted by molar-refractivity contribution is -0.384. The smallest absolute Gasteiger partial charge is 0.269 e. The maximum Gasteiger partial charge on any atom is 0.269 e. The van der Waals surface area contributed by atoms with Gasteiger partial charge in [0, 0.05) is 30.2 Å². The van der Waals surface area contributed by atoms with E-state index in [1.54, 1.807) is 0 Å². The van der Waals surface area contributed by atoms with Gasteiger partial charge < -0.3 is 5.32 Å². The molecule has 1 aromatic rings. The summed E-state index contributed by atoms with van der Waals surface area (Å²) in [6, 6.07) is 4.13. The summed E-state index contributed by atoms with van der Waals surface area (Å²) in [5.41, 5.74) is 0.502. The average molecular weight is 308 g/mol. The molecule has 0 bridgehead atoms. The van der Waals surface area contributed by atoms with E-state index in [0.29, 0.717) is 10.6 Å². The lowest BCUT2D eigenvalue weighted by atomic mass is 10.2. The number of hydrogen-bond donors (Lipinski definition) is 2. The van der Waals surface area contributed by atoms with Crippen LogP contribution in [0.5, 0.6) is 0 Å². The molecule has 0 spiro atoms. The fraction of sp³-hybridized carbons (Fsp3) is 0.400. The van der Waals surface area contributed by atoms with Crippen molar-refractivity contribution in [2.24, 2.45) is 0 Å². The standard InChI is InChI=1S/C10H14ClN3O4S/c1-12-19(17,18)5-4-13-7-8-6-9(14(15)16)2-3-10(8)11/h2-3,6,12-13H,4-5,7H2,1H3. The summed E-state index contributed by atoms with van der Waals surface area (Å²) in [7, 11) is -1.92. The Morgan fingerprint density at radius 3 is 2.68 bits per heavy atom. The van der Waals surface area contributed by atoms with E-state index in [1.165, 1.54) is 25.2 Å². The second-order valence-electron chi connectivity index (χ2n) is 3.73. The zero-order valence-corrected chi connectivity index (χ0v) is 11.8. The highest BCUT2D eigenvalue weighted by Gasteiger charge is 2.10. The highest BCUT2D eigenvalue weighted by molar-refractivity contribution is 7.89. The van der Waals surface area contributed by atoms with Crippen LogP contribution >= 0.6 is 11.6 Å². The molecule has 0 saturated carbocycles. The van der Waals surface area contributed by atoms with Gasteiger partial charge in [0.1, 0.15) is 0 Å². The van der Waals surface area contributed by atoms with E-state index in [4.69, 9.17) is 11.6 Å². The number of benzene rings is 1. The molecule has 106 valence electrons. The van der Waals surface area contributed by atoms with Gasteiger partial charge in [0.25, 0.3) is 5.69 Å². The molecule has 0 aliphatic rings. The summed E-state index contributed by atoms with van der Waals surface area (Å²) in [5, 5.41) is 13.9. The molecular weight excluding hydrogens is 294 g/mol. The van der Waals surface area contributed by atoms with Gasteiger partial charge in [0.15, 0.2) is 0 Å². The molecule has 0 heterocycles. The van der Waals surface area contributed by atoms with Crippen molar-refractivity contribution in [3.8, 4) is 0 Å². The summed E-state index contributed by atoms with van der Waals surface area (Å²) >= 11 is 5.90. The number of non-ortho nitro benzene ring substituents is 1. The lowest BCUT2D eigenvalue weighted by Crippen LogP contribution is -2.29. The largest absolute Gasteiger partial charge is 0.312 e. The number of nitrogens with zero attached hydrogens (tertiary/aromatic N) is 1. The molecule has 19 heavy (non-hydrogen) atoms. The van der Waals surface area contributed by atoms with Crippen molar-refractivity contribution < 1.29 is 13.3 Å². The number of rotatable bonds is 7. The minimum absolute atomic E-state index is 0.0518. The van der Waals surface area contributed by atoms with Crippen molar-refractivity contribution in [2.45, 2.75) is 6.54 Å². The maximum absolute atomic E-state index is 11.2. The summed E-state index contributed by atoms with van der Waals surface area (Å²) in [6.45, 7) is 0.488. The molecule has 0 aliphatic carbocycles. The van der Waals surface area contributed by atoms with Gasteiger partial charge >= 0.3 is 0 Å². The first-order chi connectivity index (χ1) is 8.85. The zero-order valence-electron chi connectivity index (χ0n) is 10.2. The van der Waals surface area contributed by atoms with Gasteiger partial charge in [-0.3, -0.25) is 10.1 Å². The first-order valence-corrected chi connectivity index (χ1v) is 7.43. The fourth-order valence-corrected chi connectivity index (χ4v) is 2.14. The Labute approximate surface area is 116 Å². The van der Waals surface area contributed by atoms with E-state index in [1.807, 2.05) is 0 Å². The summed E-state index contributed by atoms with van der Waals surface area (Å²) < 4.78 is 24.5. The Morgan fingerprint density at radius 1 is 1.42 bits per heavy atom. The third kappa shape index (κ3) is 5.11. The molecule has 0 radical (unpaired) electrons. The van der Waals surface area contributed by atoms with Crippen LogP contribution in [0.15, 0.2) is 18.2 Å². The summed E-state index contributed by atoms with van der Waals surface area (Å²) in [6.07, 6.45) is 0. The molecule has 0 unspecified atom stereocenters. The van der Waals surface area contributed by atoms with Crippen molar-refractivity contribution in [1.82, 2.24) is 10.0 Å². The number of halogens is 1. The zero-order chi connectivity index (χ0) is 14.5. The third-order valence-electron chi connectivity index (χ3n) is 2.41. The lowest BCUT2D eigenvalue weighted by Gasteiger charge is -2.07. The second kappa shape index (κ2) is 6.80.